The molecule has 0 saturated carbocycles. The van der Waals surface area contributed by atoms with Gasteiger partial charge in [-0.15, -0.1) is 0 Å². The second-order valence-electron chi connectivity index (χ2n) is 5.10. The predicted octanol–water partition coefficient (Wildman–Crippen LogP) is 0.417. The minimum absolute atomic E-state index is 0.114. The molecule has 1 unspecified atom stereocenters. The van der Waals surface area contributed by atoms with Gasteiger partial charge in [-0.2, -0.15) is 5.26 Å². The number of hydrogen-bond acceptors (Lipinski definition) is 5. The SMILES string of the molecule is CN(CC(=O)Nc1ccccc1C#N)CC1CNCCO1. The molecule has 112 valence electrons. The van der Waals surface area contributed by atoms with Gasteiger partial charge in [0.1, 0.15) is 6.07 Å². The van der Waals surface area contributed by atoms with Crippen LogP contribution < -0.4 is 10.6 Å². The van der Waals surface area contributed by atoms with Crippen molar-refractivity contribution in [1.82, 2.24) is 10.2 Å². The van der Waals surface area contributed by atoms with Gasteiger partial charge < -0.3 is 15.4 Å². The highest BCUT2D eigenvalue weighted by Gasteiger charge is 2.17. The Bertz CT molecular complexity index is 521. The molecule has 6 heteroatoms. The molecule has 0 aromatic heterocycles. The third-order valence-corrected chi connectivity index (χ3v) is 3.25. The van der Waals surface area contributed by atoms with E-state index in [0.717, 1.165) is 13.1 Å². The normalized spacial score (nSPS) is 18.2. The predicted molar refractivity (Wildman–Crippen MR) is 79.9 cm³/mol. The number of likely N-dealkylation sites (N-methyl/N-ethyl adjacent to an activating group) is 1. The van der Waals surface area contributed by atoms with Crippen LogP contribution in [0.4, 0.5) is 5.69 Å². The zero-order valence-corrected chi connectivity index (χ0v) is 12.1. The summed E-state index contributed by atoms with van der Waals surface area (Å²) in [4.78, 5) is 13.9. The standard InChI is InChI=1S/C15H20N4O2/c1-19(10-13-9-17-6-7-21-13)11-15(20)18-14-5-3-2-4-12(14)8-16/h2-5,13,17H,6-7,9-11H2,1H3,(H,18,20). The quantitative estimate of drug-likeness (QED) is 0.821. The van der Waals surface area contributed by atoms with Crippen molar-refractivity contribution in [2.45, 2.75) is 6.10 Å². The second kappa shape index (κ2) is 7.74. The van der Waals surface area contributed by atoms with E-state index < -0.39 is 0 Å². The minimum Gasteiger partial charge on any atom is -0.374 e. The summed E-state index contributed by atoms with van der Waals surface area (Å²) in [6, 6.07) is 9.04. The van der Waals surface area contributed by atoms with Crippen molar-refractivity contribution < 1.29 is 9.53 Å². The van der Waals surface area contributed by atoms with Crippen molar-refractivity contribution in [1.29, 1.82) is 5.26 Å². The minimum atomic E-state index is -0.135. The molecular weight excluding hydrogens is 268 g/mol. The Morgan fingerprint density at radius 3 is 3.10 bits per heavy atom. The lowest BCUT2D eigenvalue weighted by molar-refractivity contribution is -0.117. The van der Waals surface area contributed by atoms with Crippen molar-refractivity contribution in [2.75, 3.05) is 45.2 Å². The molecule has 2 rings (SSSR count). The van der Waals surface area contributed by atoms with Crippen LogP contribution in [0.25, 0.3) is 0 Å². The Kier molecular flexibility index (Phi) is 5.69. The zero-order valence-electron chi connectivity index (χ0n) is 12.1. The van der Waals surface area contributed by atoms with Gasteiger partial charge in [0.2, 0.25) is 5.91 Å². The van der Waals surface area contributed by atoms with Gasteiger partial charge in [-0.25, -0.2) is 0 Å². The van der Waals surface area contributed by atoms with E-state index in [4.69, 9.17) is 10.00 Å². The summed E-state index contributed by atoms with van der Waals surface area (Å²) in [6.07, 6.45) is 0.114. The summed E-state index contributed by atoms with van der Waals surface area (Å²) in [7, 11) is 1.88. The van der Waals surface area contributed by atoms with E-state index in [9.17, 15) is 4.79 Å². The number of ether oxygens (including phenoxy) is 1. The number of anilines is 1. The van der Waals surface area contributed by atoms with E-state index in [1.807, 2.05) is 11.9 Å². The van der Waals surface area contributed by atoms with Crippen molar-refractivity contribution in [2.24, 2.45) is 0 Å². The molecule has 1 aliphatic rings. The number of hydrogen-bond donors (Lipinski definition) is 2. The highest BCUT2D eigenvalue weighted by atomic mass is 16.5. The van der Waals surface area contributed by atoms with E-state index in [0.29, 0.717) is 24.4 Å². The summed E-state index contributed by atoms with van der Waals surface area (Å²) in [6.45, 7) is 3.36. The van der Waals surface area contributed by atoms with E-state index in [1.165, 1.54) is 0 Å². The fourth-order valence-corrected chi connectivity index (χ4v) is 2.27. The lowest BCUT2D eigenvalue weighted by Crippen LogP contribution is -2.45. The second-order valence-corrected chi connectivity index (χ2v) is 5.10. The molecule has 0 aliphatic carbocycles. The van der Waals surface area contributed by atoms with Crippen molar-refractivity contribution >= 4 is 11.6 Å². The largest absolute Gasteiger partial charge is 0.374 e. The highest BCUT2D eigenvalue weighted by Crippen LogP contribution is 2.13. The van der Waals surface area contributed by atoms with E-state index >= 15 is 0 Å². The van der Waals surface area contributed by atoms with Gasteiger partial charge in [0.15, 0.2) is 0 Å². The molecule has 0 radical (unpaired) electrons. The Morgan fingerprint density at radius 1 is 1.57 bits per heavy atom. The van der Waals surface area contributed by atoms with Crippen LogP contribution in [0.1, 0.15) is 5.56 Å². The third kappa shape index (κ3) is 4.83. The van der Waals surface area contributed by atoms with Crippen molar-refractivity contribution in [3.05, 3.63) is 29.8 Å². The molecule has 1 atom stereocenters. The summed E-state index contributed by atoms with van der Waals surface area (Å²) in [5.41, 5.74) is 1.02. The van der Waals surface area contributed by atoms with Crippen LogP contribution >= 0.6 is 0 Å². The number of rotatable bonds is 5. The Morgan fingerprint density at radius 2 is 2.38 bits per heavy atom. The monoisotopic (exact) mass is 288 g/mol. The number of nitrogens with one attached hydrogen (secondary N) is 2. The first-order chi connectivity index (χ1) is 10.2. The Hall–Kier alpha value is -1.94. The lowest BCUT2D eigenvalue weighted by atomic mass is 10.2. The lowest BCUT2D eigenvalue weighted by Gasteiger charge is -2.27. The van der Waals surface area contributed by atoms with Crippen LogP contribution in [0.2, 0.25) is 0 Å². The molecule has 0 bridgehead atoms. The first kappa shape index (κ1) is 15.4. The summed E-state index contributed by atoms with van der Waals surface area (Å²) in [5.74, 6) is -0.135. The molecular formula is C15H20N4O2. The molecule has 1 aromatic rings. The number of morpholine rings is 1. The Balaban J connectivity index is 1.82. The third-order valence-electron chi connectivity index (χ3n) is 3.25. The molecule has 21 heavy (non-hydrogen) atoms. The number of nitrogens with zero attached hydrogens (tertiary/aromatic N) is 2. The first-order valence-corrected chi connectivity index (χ1v) is 6.99. The first-order valence-electron chi connectivity index (χ1n) is 6.99. The van der Waals surface area contributed by atoms with Gasteiger partial charge in [-0.05, 0) is 19.2 Å². The maximum absolute atomic E-state index is 12.0. The number of nitriles is 1. The average molecular weight is 288 g/mol. The zero-order chi connectivity index (χ0) is 15.1. The summed E-state index contributed by atoms with van der Waals surface area (Å²) in [5, 5.41) is 15.0. The van der Waals surface area contributed by atoms with Gasteiger partial charge >= 0.3 is 0 Å². The molecule has 1 fully saturated rings. The van der Waals surface area contributed by atoms with Gasteiger partial charge in [-0.1, -0.05) is 12.1 Å². The van der Waals surface area contributed by atoms with E-state index in [-0.39, 0.29) is 18.6 Å². The van der Waals surface area contributed by atoms with Gasteiger partial charge in [-0.3, -0.25) is 9.69 Å². The molecule has 1 heterocycles. The fourth-order valence-electron chi connectivity index (χ4n) is 2.27. The van der Waals surface area contributed by atoms with Crippen molar-refractivity contribution in [3.8, 4) is 6.07 Å². The molecule has 2 N–H and O–H groups in total. The molecule has 1 aliphatic heterocycles. The molecule has 6 nitrogen and oxygen atoms in total. The number of benzene rings is 1. The molecule has 0 spiro atoms. The Labute approximate surface area is 124 Å². The van der Waals surface area contributed by atoms with Crippen LogP contribution in [-0.4, -0.2) is 56.7 Å². The maximum atomic E-state index is 12.0. The van der Waals surface area contributed by atoms with Crippen LogP contribution in [0.3, 0.4) is 0 Å². The average Bonchev–Trinajstić information content (AvgIpc) is 2.48. The van der Waals surface area contributed by atoms with Gasteiger partial charge in [0.25, 0.3) is 0 Å². The van der Waals surface area contributed by atoms with Gasteiger partial charge in [0.05, 0.1) is 30.5 Å². The van der Waals surface area contributed by atoms with Crippen LogP contribution in [-0.2, 0) is 9.53 Å². The smallest absolute Gasteiger partial charge is 0.238 e. The van der Waals surface area contributed by atoms with Crippen LogP contribution in [0.15, 0.2) is 24.3 Å². The molecule has 1 saturated heterocycles. The highest BCUT2D eigenvalue weighted by molar-refractivity contribution is 5.93. The number of para-hydroxylation sites is 1. The van der Waals surface area contributed by atoms with E-state index in [1.54, 1.807) is 24.3 Å². The number of carbonyl (C=O) groups excluding carboxylic acids is 1. The number of carbonyl (C=O) groups is 1. The summed E-state index contributed by atoms with van der Waals surface area (Å²) >= 11 is 0. The van der Waals surface area contributed by atoms with E-state index in [2.05, 4.69) is 16.7 Å². The fraction of sp³-hybridized carbons (Fsp3) is 0.467. The number of amides is 1. The van der Waals surface area contributed by atoms with Crippen LogP contribution in [0, 0.1) is 11.3 Å². The van der Waals surface area contributed by atoms with Crippen molar-refractivity contribution in [3.63, 3.8) is 0 Å². The van der Waals surface area contributed by atoms with Crippen LogP contribution in [0.5, 0.6) is 0 Å². The molecule has 1 amide bonds. The van der Waals surface area contributed by atoms with Gasteiger partial charge in [0, 0.05) is 19.6 Å². The maximum Gasteiger partial charge on any atom is 0.238 e. The molecule has 1 aromatic carbocycles. The topological polar surface area (TPSA) is 77.4 Å². The summed E-state index contributed by atoms with van der Waals surface area (Å²) < 4.78 is 5.61.